The highest BCUT2D eigenvalue weighted by Gasteiger charge is 2.26. The molecule has 1 aliphatic heterocycles. The van der Waals surface area contributed by atoms with Crippen molar-refractivity contribution in [2.24, 2.45) is 5.92 Å². The van der Waals surface area contributed by atoms with Crippen molar-refractivity contribution in [1.82, 2.24) is 5.32 Å². The van der Waals surface area contributed by atoms with E-state index >= 15 is 0 Å². The second-order valence-electron chi connectivity index (χ2n) is 4.88. The Morgan fingerprint density at radius 3 is 2.76 bits per heavy atom. The number of rotatable bonds is 2. The Morgan fingerprint density at radius 2 is 2.18 bits per heavy atom. The van der Waals surface area contributed by atoms with E-state index in [1.54, 1.807) is 4.90 Å². The van der Waals surface area contributed by atoms with Gasteiger partial charge in [-0.25, -0.2) is 0 Å². The van der Waals surface area contributed by atoms with E-state index in [1.807, 2.05) is 13.1 Å². The minimum Gasteiger partial charge on any atom is -0.316 e. The van der Waals surface area contributed by atoms with Gasteiger partial charge in [-0.15, -0.1) is 0 Å². The van der Waals surface area contributed by atoms with Crippen molar-refractivity contribution in [3.63, 3.8) is 0 Å². The van der Waals surface area contributed by atoms with Crippen LogP contribution in [0.2, 0.25) is 0 Å². The molecule has 0 saturated carbocycles. The average Bonchev–Trinajstić information content (AvgIpc) is 2.80. The molecule has 1 heterocycles. The van der Waals surface area contributed by atoms with Crippen LogP contribution in [0.4, 0.5) is 5.69 Å². The first-order valence-electron chi connectivity index (χ1n) is 6.15. The largest absolute Gasteiger partial charge is 0.316 e. The maximum absolute atomic E-state index is 12.3. The van der Waals surface area contributed by atoms with E-state index in [4.69, 9.17) is 0 Å². The molecule has 2 rings (SSSR count). The predicted molar refractivity (Wildman–Crippen MR) is 70.3 cm³/mol. The topological polar surface area (TPSA) is 32.3 Å². The number of hydrogen-bond acceptors (Lipinski definition) is 2. The number of carbonyl (C=O) groups excluding carboxylic acids is 1. The zero-order chi connectivity index (χ0) is 12.4. The van der Waals surface area contributed by atoms with E-state index in [0.717, 1.165) is 30.8 Å². The molecule has 1 aromatic carbocycles. The fourth-order valence-electron chi connectivity index (χ4n) is 2.44. The smallest absolute Gasteiger partial charge is 0.231 e. The monoisotopic (exact) mass is 232 g/mol. The fraction of sp³-hybridized carbons (Fsp3) is 0.500. The van der Waals surface area contributed by atoms with Crippen molar-refractivity contribution in [3.05, 3.63) is 29.3 Å². The van der Waals surface area contributed by atoms with E-state index < -0.39 is 0 Å². The second-order valence-corrected chi connectivity index (χ2v) is 4.88. The lowest BCUT2D eigenvalue weighted by atomic mass is 10.1. The van der Waals surface area contributed by atoms with Gasteiger partial charge in [0.1, 0.15) is 0 Å². The highest BCUT2D eigenvalue weighted by molar-refractivity contribution is 5.95. The molecule has 0 aromatic heterocycles. The lowest BCUT2D eigenvalue weighted by molar-refractivity contribution is -0.121. The van der Waals surface area contributed by atoms with Gasteiger partial charge >= 0.3 is 0 Å². The van der Waals surface area contributed by atoms with Crippen molar-refractivity contribution in [2.45, 2.75) is 20.3 Å². The van der Waals surface area contributed by atoms with Crippen molar-refractivity contribution in [1.29, 1.82) is 0 Å². The Morgan fingerprint density at radius 1 is 1.41 bits per heavy atom. The number of anilines is 1. The first-order chi connectivity index (χ1) is 8.09. The van der Waals surface area contributed by atoms with Crippen LogP contribution in [0.3, 0.4) is 0 Å². The highest BCUT2D eigenvalue weighted by Crippen LogP contribution is 2.22. The molecule has 92 valence electrons. The van der Waals surface area contributed by atoms with Gasteiger partial charge < -0.3 is 10.2 Å². The molecule has 3 nitrogen and oxygen atoms in total. The minimum absolute atomic E-state index is 0.140. The molecule has 1 fully saturated rings. The van der Waals surface area contributed by atoms with Gasteiger partial charge in [0.15, 0.2) is 0 Å². The van der Waals surface area contributed by atoms with Crippen LogP contribution in [-0.4, -0.2) is 26.0 Å². The van der Waals surface area contributed by atoms with Gasteiger partial charge in [0, 0.05) is 19.3 Å². The standard InChI is InChI=1S/C14H20N2O/c1-10-4-5-13(11(2)8-10)16(3)14(17)12-6-7-15-9-12/h4-5,8,12,15H,6-7,9H2,1-3H3. The van der Waals surface area contributed by atoms with Gasteiger partial charge in [0.2, 0.25) is 5.91 Å². The zero-order valence-corrected chi connectivity index (χ0v) is 10.8. The van der Waals surface area contributed by atoms with E-state index in [0.29, 0.717) is 0 Å². The van der Waals surface area contributed by atoms with Gasteiger partial charge in [-0.2, -0.15) is 0 Å². The first kappa shape index (κ1) is 12.1. The summed E-state index contributed by atoms with van der Waals surface area (Å²) in [6, 6.07) is 6.20. The van der Waals surface area contributed by atoms with Crippen LogP contribution in [0, 0.1) is 19.8 Å². The molecule has 1 amide bonds. The van der Waals surface area contributed by atoms with Crippen LogP contribution in [0.5, 0.6) is 0 Å². The minimum atomic E-state index is 0.140. The molecule has 0 spiro atoms. The predicted octanol–water partition coefficient (Wildman–Crippen LogP) is 1.88. The second kappa shape index (κ2) is 4.88. The first-order valence-corrected chi connectivity index (χ1v) is 6.15. The van der Waals surface area contributed by atoms with Crippen LogP contribution in [0.15, 0.2) is 18.2 Å². The van der Waals surface area contributed by atoms with Crippen LogP contribution in [0.1, 0.15) is 17.5 Å². The summed E-state index contributed by atoms with van der Waals surface area (Å²) in [5, 5.41) is 3.24. The number of aryl methyl sites for hydroxylation is 2. The molecule has 0 bridgehead atoms. The van der Waals surface area contributed by atoms with E-state index in [-0.39, 0.29) is 11.8 Å². The third kappa shape index (κ3) is 2.50. The van der Waals surface area contributed by atoms with E-state index in [1.165, 1.54) is 5.56 Å². The van der Waals surface area contributed by atoms with Crippen LogP contribution in [0.25, 0.3) is 0 Å². The van der Waals surface area contributed by atoms with Crippen LogP contribution >= 0.6 is 0 Å². The molecule has 1 atom stereocenters. The Kier molecular flexibility index (Phi) is 3.48. The quantitative estimate of drug-likeness (QED) is 0.844. The number of nitrogens with one attached hydrogen (secondary N) is 1. The third-order valence-electron chi connectivity index (χ3n) is 3.45. The summed E-state index contributed by atoms with van der Waals surface area (Å²) in [5.74, 6) is 0.364. The maximum Gasteiger partial charge on any atom is 0.231 e. The van der Waals surface area contributed by atoms with Gasteiger partial charge in [-0.3, -0.25) is 4.79 Å². The van der Waals surface area contributed by atoms with Crippen molar-refractivity contribution < 1.29 is 4.79 Å². The highest BCUT2D eigenvalue weighted by atomic mass is 16.2. The molecule has 0 radical (unpaired) electrons. The van der Waals surface area contributed by atoms with Gasteiger partial charge in [0.05, 0.1) is 5.92 Å². The van der Waals surface area contributed by atoms with Crippen LogP contribution in [-0.2, 0) is 4.79 Å². The zero-order valence-electron chi connectivity index (χ0n) is 10.8. The Bertz CT molecular complexity index is 422. The molecule has 0 aliphatic carbocycles. The number of nitrogens with zero attached hydrogens (tertiary/aromatic N) is 1. The number of carbonyl (C=O) groups is 1. The molecule has 3 heteroatoms. The summed E-state index contributed by atoms with van der Waals surface area (Å²) >= 11 is 0. The fourth-order valence-corrected chi connectivity index (χ4v) is 2.44. The Labute approximate surface area is 103 Å². The SMILES string of the molecule is Cc1ccc(N(C)C(=O)C2CCNC2)c(C)c1. The van der Waals surface area contributed by atoms with Crippen LogP contribution < -0.4 is 10.2 Å². The third-order valence-corrected chi connectivity index (χ3v) is 3.45. The molecular formula is C14H20N2O. The maximum atomic E-state index is 12.3. The summed E-state index contributed by atoms with van der Waals surface area (Å²) in [6.45, 7) is 5.89. The molecule has 1 saturated heterocycles. The summed E-state index contributed by atoms with van der Waals surface area (Å²) in [4.78, 5) is 14.1. The lowest BCUT2D eigenvalue weighted by Crippen LogP contribution is -2.34. The summed E-state index contributed by atoms with van der Waals surface area (Å²) < 4.78 is 0. The number of hydrogen-bond donors (Lipinski definition) is 1. The molecule has 1 aliphatic rings. The molecule has 17 heavy (non-hydrogen) atoms. The number of benzene rings is 1. The molecule has 1 unspecified atom stereocenters. The molecular weight excluding hydrogens is 212 g/mol. The average molecular weight is 232 g/mol. The molecule has 1 N–H and O–H groups in total. The molecule has 1 aromatic rings. The van der Waals surface area contributed by atoms with Gasteiger partial charge in [-0.1, -0.05) is 17.7 Å². The summed E-state index contributed by atoms with van der Waals surface area (Å²) in [5.41, 5.74) is 3.41. The Hall–Kier alpha value is -1.35. The van der Waals surface area contributed by atoms with Crippen molar-refractivity contribution >= 4 is 11.6 Å². The Balaban J connectivity index is 2.18. The van der Waals surface area contributed by atoms with Gasteiger partial charge in [0.25, 0.3) is 0 Å². The summed E-state index contributed by atoms with van der Waals surface area (Å²) in [6.07, 6.45) is 0.952. The van der Waals surface area contributed by atoms with Crippen molar-refractivity contribution in [3.8, 4) is 0 Å². The lowest BCUT2D eigenvalue weighted by Gasteiger charge is -2.22. The van der Waals surface area contributed by atoms with E-state index in [2.05, 4.69) is 31.3 Å². The van der Waals surface area contributed by atoms with Gasteiger partial charge in [-0.05, 0) is 38.4 Å². The summed E-state index contributed by atoms with van der Waals surface area (Å²) in [7, 11) is 1.87. The number of amides is 1. The van der Waals surface area contributed by atoms with E-state index in [9.17, 15) is 4.79 Å². The normalized spacial score (nSPS) is 19.4. The van der Waals surface area contributed by atoms with Crippen molar-refractivity contribution in [2.75, 3.05) is 25.0 Å².